The van der Waals surface area contributed by atoms with Crippen molar-refractivity contribution in [2.45, 2.75) is 5.41 Å². The first-order valence-corrected chi connectivity index (χ1v) is 20.5. The molecule has 1 heterocycles. The minimum atomic E-state index is -0.481. The van der Waals surface area contributed by atoms with E-state index >= 15 is 0 Å². The van der Waals surface area contributed by atoms with Gasteiger partial charge in [-0.2, -0.15) is 0 Å². The molecule has 11 aromatic rings. The summed E-state index contributed by atoms with van der Waals surface area (Å²) in [5.74, 6) is 0. The number of hydrogen-bond acceptors (Lipinski definition) is 1. The standard InChI is InChI=1S/C57H36N2/c1-3-18-39(19-4-1)58(40-20-5-2-6-21-40)41-34-32-38(33-35-41)46-36-53-56-54-45(46)25-14-28-49(54)57(47-26-11-9-23-43(47)44-24-10-12-27-48(44)57)50-29-15-31-52(55(50)56)59(53)51-30-13-17-37-16-7-8-22-42(37)51/h1-36H. The first-order valence-electron chi connectivity index (χ1n) is 20.5. The molecular weight excluding hydrogens is 713 g/mol. The number of para-hydroxylation sites is 2. The Kier molecular flexibility index (Phi) is 6.68. The first-order chi connectivity index (χ1) is 29.3. The topological polar surface area (TPSA) is 8.17 Å². The number of fused-ring (bicyclic) bond motifs is 8. The fourth-order valence-electron chi connectivity index (χ4n) is 10.9. The van der Waals surface area contributed by atoms with Crippen LogP contribution in [0.4, 0.5) is 17.1 Å². The van der Waals surface area contributed by atoms with E-state index in [9.17, 15) is 0 Å². The van der Waals surface area contributed by atoms with Gasteiger partial charge in [-0.3, -0.25) is 0 Å². The first kappa shape index (κ1) is 32.4. The highest BCUT2D eigenvalue weighted by Crippen LogP contribution is 2.62. The number of anilines is 3. The van der Waals surface area contributed by atoms with E-state index in [2.05, 4.69) is 228 Å². The SMILES string of the molecule is c1ccc(N(c2ccccc2)c2ccc(-c3cc4c5c6c(cccc36)C3(c6ccccc6-c6ccccc63)c3cccc(c35)n4-c3cccc4ccccc34)cc2)cc1. The molecule has 0 radical (unpaired) electrons. The third-order valence-corrected chi connectivity index (χ3v) is 13.1. The van der Waals surface area contributed by atoms with Crippen molar-refractivity contribution in [3.05, 3.63) is 241 Å². The summed E-state index contributed by atoms with van der Waals surface area (Å²) in [6.07, 6.45) is 0. The average Bonchev–Trinajstić information content (AvgIpc) is 3.80. The quantitative estimate of drug-likeness (QED) is 0.170. The molecule has 0 aliphatic heterocycles. The van der Waals surface area contributed by atoms with Gasteiger partial charge in [-0.25, -0.2) is 0 Å². The van der Waals surface area contributed by atoms with E-state index in [1.807, 2.05) is 0 Å². The van der Waals surface area contributed by atoms with E-state index in [-0.39, 0.29) is 0 Å². The predicted octanol–water partition coefficient (Wildman–Crippen LogP) is 14.9. The molecule has 59 heavy (non-hydrogen) atoms. The Hall–Kier alpha value is -7.68. The Morgan fingerprint density at radius 1 is 0.339 bits per heavy atom. The molecule has 1 spiro atoms. The van der Waals surface area contributed by atoms with Crippen molar-refractivity contribution < 1.29 is 0 Å². The Balaban J connectivity index is 1.15. The van der Waals surface area contributed by atoms with E-state index in [0.29, 0.717) is 0 Å². The van der Waals surface area contributed by atoms with Crippen molar-refractivity contribution in [2.24, 2.45) is 0 Å². The number of nitrogens with zero attached hydrogens (tertiary/aromatic N) is 2. The lowest BCUT2D eigenvalue weighted by Crippen LogP contribution is -2.30. The second-order valence-electron chi connectivity index (χ2n) is 16.0. The summed E-state index contributed by atoms with van der Waals surface area (Å²) in [5, 5.41) is 7.77. The molecular formula is C57H36N2. The average molecular weight is 749 g/mol. The molecule has 0 atom stereocenters. The molecule has 0 bridgehead atoms. The summed E-state index contributed by atoms with van der Waals surface area (Å²) in [6, 6.07) is 80.9. The van der Waals surface area contributed by atoms with Crippen LogP contribution in [0.1, 0.15) is 22.3 Å². The van der Waals surface area contributed by atoms with Gasteiger partial charge in [0.15, 0.2) is 0 Å². The van der Waals surface area contributed by atoms with Crippen LogP contribution in [0, 0.1) is 0 Å². The normalized spacial score (nSPS) is 13.2. The Labute approximate surface area is 342 Å². The van der Waals surface area contributed by atoms with Crippen molar-refractivity contribution in [3.63, 3.8) is 0 Å². The van der Waals surface area contributed by atoms with Crippen LogP contribution in [-0.2, 0) is 5.41 Å². The van der Waals surface area contributed by atoms with Crippen molar-refractivity contribution in [2.75, 3.05) is 4.90 Å². The van der Waals surface area contributed by atoms with Crippen LogP contribution in [0.2, 0.25) is 0 Å². The molecule has 10 aromatic carbocycles. The lowest BCUT2D eigenvalue weighted by atomic mass is 9.63. The molecule has 2 aliphatic carbocycles. The lowest BCUT2D eigenvalue weighted by Gasteiger charge is -2.38. The minimum absolute atomic E-state index is 0.481. The van der Waals surface area contributed by atoms with Crippen molar-refractivity contribution in [3.8, 4) is 27.9 Å². The van der Waals surface area contributed by atoms with Crippen LogP contribution >= 0.6 is 0 Å². The monoisotopic (exact) mass is 748 g/mol. The molecule has 0 N–H and O–H groups in total. The minimum Gasteiger partial charge on any atom is -0.311 e. The molecule has 1 aromatic heterocycles. The molecule has 0 saturated heterocycles. The van der Waals surface area contributed by atoms with Crippen LogP contribution in [0.3, 0.4) is 0 Å². The largest absolute Gasteiger partial charge is 0.311 e. The smallest absolute Gasteiger partial charge is 0.0726 e. The summed E-state index contributed by atoms with van der Waals surface area (Å²) >= 11 is 0. The molecule has 13 rings (SSSR count). The van der Waals surface area contributed by atoms with Crippen molar-refractivity contribution in [1.82, 2.24) is 4.57 Å². The summed E-state index contributed by atoms with van der Waals surface area (Å²) in [4.78, 5) is 2.33. The van der Waals surface area contributed by atoms with E-state index in [4.69, 9.17) is 0 Å². The maximum Gasteiger partial charge on any atom is 0.0726 e. The van der Waals surface area contributed by atoms with E-state index in [1.165, 1.54) is 93.5 Å². The molecule has 2 nitrogen and oxygen atoms in total. The van der Waals surface area contributed by atoms with Crippen LogP contribution in [0.25, 0.3) is 71.3 Å². The van der Waals surface area contributed by atoms with E-state index < -0.39 is 5.41 Å². The third kappa shape index (κ3) is 4.30. The van der Waals surface area contributed by atoms with Gasteiger partial charge in [-0.15, -0.1) is 0 Å². The Morgan fingerprint density at radius 3 is 1.58 bits per heavy atom. The number of hydrogen-bond donors (Lipinski definition) is 0. The molecule has 2 heteroatoms. The lowest BCUT2D eigenvalue weighted by molar-refractivity contribution is 0.783. The molecule has 0 amide bonds. The summed E-state index contributed by atoms with van der Waals surface area (Å²) in [6.45, 7) is 0. The van der Waals surface area contributed by atoms with Gasteiger partial charge in [0.05, 0.1) is 22.1 Å². The van der Waals surface area contributed by atoms with Crippen LogP contribution in [0.15, 0.2) is 218 Å². The predicted molar refractivity (Wildman–Crippen MR) is 247 cm³/mol. The summed E-state index contributed by atoms with van der Waals surface area (Å²) < 4.78 is 2.56. The molecule has 274 valence electrons. The summed E-state index contributed by atoms with van der Waals surface area (Å²) in [7, 11) is 0. The second-order valence-corrected chi connectivity index (χ2v) is 16.0. The number of aromatic nitrogens is 1. The molecule has 0 fully saturated rings. The van der Waals surface area contributed by atoms with Crippen LogP contribution in [-0.4, -0.2) is 4.57 Å². The number of rotatable bonds is 5. The highest BCUT2D eigenvalue weighted by Gasteiger charge is 2.50. The number of benzene rings is 10. The van der Waals surface area contributed by atoms with E-state index in [1.54, 1.807) is 0 Å². The zero-order valence-electron chi connectivity index (χ0n) is 32.2. The summed E-state index contributed by atoms with van der Waals surface area (Å²) in [5.41, 5.74) is 17.0. The zero-order chi connectivity index (χ0) is 38.7. The van der Waals surface area contributed by atoms with E-state index in [0.717, 1.165) is 17.1 Å². The zero-order valence-corrected chi connectivity index (χ0v) is 32.2. The van der Waals surface area contributed by atoms with Crippen molar-refractivity contribution >= 4 is 60.4 Å². The maximum absolute atomic E-state index is 2.56. The Bertz CT molecular complexity index is 3400. The van der Waals surface area contributed by atoms with Gasteiger partial charge in [0.2, 0.25) is 0 Å². The van der Waals surface area contributed by atoms with Gasteiger partial charge >= 0.3 is 0 Å². The van der Waals surface area contributed by atoms with Gasteiger partial charge in [-0.1, -0.05) is 164 Å². The molecule has 2 aliphatic rings. The van der Waals surface area contributed by atoms with Crippen molar-refractivity contribution in [1.29, 1.82) is 0 Å². The molecule has 0 unspecified atom stereocenters. The van der Waals surface area contributed by atoms with Gasteiger partial charge < -0.3 is 9.47 Å². The maximum atomic E-state index is 2.56. The fraction of sp³-hybridized carbons (Fsp3) is 0.0175. The highest BCUT2D eigenvalue weighted by molar-refractivity contribution is 6.29. The third-order valence-electron chi connectivity index (χ3n) is 13.1. The van der Waals surface area contributed by atoms with Crippen LogP contribution in [0.5, 0.6) is 0 Å². The molecule has 0 saturated carbocycles. The Morgan fingerprint density at radius 2 is 0.864 bits per heavy atom. The van der Waals surface area contributed by atoms with Gasteiger partial charge in [0, 0.05) is 33.2 Å². The van der Waals surface area contributed by atoms with Gasteiger partial charge in [-0.05, 0) is 115 Å². The second kappa shape index (κ2) is 12.2. The van der Waals surface area contributed by atoms with Gasteiger partial charge in [0.25, 0.3) is 0 Å². The van der Waals surface area contributed by atoms with Gasteiger partial charge in [0.1, 0.15) is 0 Å². The fourth-order valence-corrected chi connectivity index (χ4v) is 10.9. The highest BCUT2D eigenvalue weighted by atomic mass is 15.1. The van der Waals surface area contributed by atoms with Crippen LogP contribution < -0.4 is 4.90 Å².